The standard InChI is InChI=1S/C15H22F2N2O2/c1-15(2)10-18-6-7-19(15)9-11-4-5-12(21-14(16)17)13(8-11)20-3/h4-5,8,14,18H,6-7,9-10H2,1-3H3. The molecule has 0 aromatic heterocycles. The molecule has 1 aliphatic rings. The van der Waals surface area contributed by atoms with E-state index in [0.717, 1.165) is 31.7 Å². The van der Waals surface area contributed by atoms with Crippen LogP contribution in [0.3, 0.4) is 0 Å². The lowest BCUT2D eigenvalue weighted by atomic mass is 9.99. The first-order valence-electron chi connectivity index (χ1n) is 7.00. The Labute approximate surface area is 124 Å². The molecule has 1 N–H and O–H groups in total. The van der Waals surface area contributed by atoms with Crippen molar-refractivity contribution in [2.75, 3.05) is 26.7 Å². The first-order valence-corrected chi connectivity index (χ1v) is 7.00. The zero-order valence-corrected chi connectivity index (χ0v) is 12.7. The van der Waals surface area contributed by atoms with Gasteiger partial charge in [-0.1, -0.05) is 6.07 Å². The van der Waals surface area contributed by atoms with E-state index in [1.807, 2.05) is 0 Å². The quantitative estimate of drug-likeness (QED) is 0.906. The second-order valence-corrected chi connectivity index (χ2v) is 5.77. The topological polar surface area (TPSA) is 33.7 Å². The highest BCUT2D eigenvalue weighted by molar-refractivity contribution is 5.43. The Bertz CT molecular complexity index is 481. The summed E-state index contributed by atoms with van der Waals surface area (Å²) in [5, 5.41) is 3.37. The molecular weight excluding hydrogens is 278 g/mol. The van der Waals surface area contributed by atoms with Gasteiger partial charge in [0.05, 0.1) is 7.11 Å². The Morgan fingerprint density at radius 3 is 2.71 bits per heavy atom. The Hall–Kier alpha value is -1.40. The average Bonchev–Trinajstić information content (AvgIpc) is 2.42. The third-order valence-electron chi connectivity index (χ3n) is 3.79. The molecule has 118 valence electrons. The molecule has 0 amide bonds. The number of hydrogen-bond acceptors (Lipinski definition) is 4. The highest BCUT2D eigenvalue weighted by Gasteiger charge is 2.29. The predicted octanol–water partition coefficient (Wildman–Crippen LogP) is 2.48. The summed E-state index contributed by atoms with van der Waals surface area (Å²) >= 11 is 0. The molecule has 0 saturated carbocycles. The number of nitrogens with zero attached hydrogens (tertiary/aromatic N) is 1. The minimum atomic E-state index is -2.85. The van der Waals surface area contributed by atoms with Gasteiger partial charge in [0.25, 0.3) is 0 Å². The SMILES string of the molecule is COc1cc(CN2CCNCC2(C)C)ccc1OC(F)F. The number of nitrogens with one attached hydrogen (secondary N) is 1. The van der Waals surface area contributed by atoms with Crippen molar-refractivity contribution in [1.29, 1.82) is 0 Å². The number of methoxy groups -OCH3 is 1. The van der Waals surface area contributed by atoms with Crippen LogP contribution in [-0.2, 0) is 6.54 Å². The predicted molar refractivity (Wildman–Crippen MR) is 77.0 cm³/mol. The summed E-state index contributed by atoms with van der Waals surface area (Å²) in [5.41, 5.74) is 1.08. The van der Waals surface area contributed by atoms with Gasteiger partial charge in [0.1, 0.15) is 0 Å². The Kier molecular flexibility index (Phi) is 5.00. The number of halogens is 2. The van der Waals surface area contributed by atoms with Gasteiger partial charge in [0.2, 0.25) is 0 Å². The molecular formula is C15H22F2N2O2. The molecule has 6 heteroatoms. The van der Waals surface area contributed by atoms with Crippen LogP contribution >= 0.6 is 0 Å². The first kappa shape index (κ1) is 16.0. The van der Waals surface area contributed by atoms with Crippen molar-refractivity contribution in [1.82, 2.24) is 10.2 Å². The summed E-state index contributed by atoms with van der Waals surface area (Å²) in [6.07, 6.45) is 0. The third-order valence-corrected chi connectivity index (χ3v) is 3.79. The highest BCUT2D eigenvalue weighted by atomic mass is 19.3. The number of piperazine rings is 1. The van der Waals surface area contributed by atoms with Crippen LogP contribution in [0.4, 0.5) is 8.78 Å². The molecule has 1 fully saturated rings. The summed E-state index contributed by atoms with van der Waals surface area (Å²) in [6.45, 7) is 5.10. The van der Waals surface area contributed by atoms with Crippen molar-refractivity contribution < 1.29 is 18.3 Å². The summed E-state index contributed by atoms with van der Waals surface area (Å²) in [6, 6.07) is 5.10. The summed E-state index contributed by atoms with van der Waals surface area (Å²) in [5.74, 6) is 0.400. The van der Waals surface area contributed by atoms with Crippen molar-refractivity contribution >= 4 is 0 Å². The first-order chi connectivity index (χ1) is 9.92. The van der Waals surface area contributed by atoms with Crippen LogP contribution in [0, 0.1) is 0 Å². The molecule has 1 aromatic rings. The van der Waals surface area contributed by atoms with Crippen molar-refractivity contribution in [3.05, 3.63) is 23.8 Å². The average molecular weight is 300 g/mol. The summed E-state index contributed by atoms with van der Waals surface area (Å²) in [7, 11) is 1.45. The van der Waals surface area contributed by atoms with E-state index in [-0.39, 0.29) is 11.3 Å². The number of benzene rings is 1. The van der Waals surface area contributed by atoms with Crippen LogP contribution in [0.1, 0.15) is 19.4 Å². The Morgan fingerprint density at radius 2 is 2.10 bits per heavy atom. The largest absolute Gasteiger partial charge is 0.493 e. The van der Waals surface area contributed by atoms with Crippen molar-refractivity contribution in [2.45, 2.75) is 32.5 Å². The maximum absolute atomic E-state index is 12.3. The van der Waals surface area contributed by atoms with Crippen LogP contribution in [0.15, 0.2) is 18.2 Å². The fourth-order valence-electron chi connectivity index (χ4n) is 2.54. The van der Waals surface area contributed by atoms with Crippen LogP contribution in [0.25, 0.3) is 0 Å². The number of rotatable bonds is 5. The zero-order chi connectivity index (χ0) is 15.5. The number of ether oxygens (including phenoxy) is 2. The molecule has 1 aromatic carbocycles. The van der Waals surface area contributed by atoms with Gasteiger partial charge in [0, 0.05) is 31.7 Å². The smallest absolute Gasteiger partial charge is 0.387 e. The van der Waals surface area contributed by atoms with Crippen molar-refractivity contribution in [2.24, 2.45) is 0 Å². The molecule has 1 heterocycles. The van der Waals surface area contributed by atoms with E-state index in [1.165, 1.54) is 13.2 Å². The maximum Gasteiger partial charge on any atom is 0.387 e. The molecule has 0 spiro atoms. The lowest BCUT2D eigenvalue weighted by Crippen LogP contribution is -2.57. The monoisotopic (exact) mass is 300 g/mol. The summed E-state index contributed by atoms with van der Waals surface area (Å²) < 4.78 is 34.2. The van der Waals surface area contributed by atoms with Gasteiger partial charge in [0.15, 0.2) is 11.5 Å². The summed E-state index contributed by atoms with van der Waals surface area (Å²) in [4.78, 5) is 2.37. The van der Waals surface area contributed by atoms with E-state index in [2.05, 4.69) is 28.8 Å². The van der Waals surface area contributed by atoms with E-state index in [9.17, 15) is 8.78 Å². The van der Waals surface area contributed by atoms with E-state index in [4.69, 9.17) is 4.74 Å². The molecule has 0 radical (unpaired) electrons. The lowest BCUT2D eigenvalue weighted by molar-refractivity contribution is -0.0512. The molecule has 4 nitrogen and oxygen atoms in total. The molecule has 2 rings (SSSR count). The van der Waals surface area contributed by atoms with Crippen LogP contribution in [-0.4, -0.2) is 43.8 Å². The maximum atomic E-state index is 12.3. The van der Waals surface area contributed by atoms with Gasteiger partial charge < -0.3 is 14.8 Å². The highest BCUT2D eigenvalue weighted by Crippen LogP contribution is 2.30. The van der Waals surface area contributed by atoms with Gasteiger partial charge in [-0.3, -0.25) is 4.90 Å². The minimum absolute atomic E-state index is 0.0592. The van der Waals surface area contributed by atoms with Gasteiger partial charge in [-0.15, -0.1) is 0 Å². The molecule has 0 aliphatic carbocycles. The zero-order valence-electron chi connectivity index (χ0n) is 12.7. The number of hydrogen-bond donors (Lipinski definition) is 1. The minimum Gasteiger partial charge on any atom is -0.493 e. The molecule has 1 saturated heterocycles. The molecule has 21 heavy (non-hydrogen) atoms. The molecule has 0 atom stereocenters. The fraction of sp³-hybridized carbons (Fsp3) is 0.600. The molecule has 0 bridgehead atoms. The second-order valence-electron chi connectivity index (χ2n) is 5.77. The van der Waals surface area contributed by atoms with Crippen LogP contribution in [0.5, 0.6) is 11.5 Å². The van der Waals surface area contributed by atoms with E-state index >= 15 is 0 Å². The van der Waals surface area contributed by atoms with Gasteiger partial charge in [-0.2, -0.15) is 8.78 Å². The van der Waals surface area contributed by atoms with Crippen molar-refractivity contribution in [3.8, 4) is 11.5 Å². The van der Waals surface area contributed by atoms with Crippen molar-refractivity contribution in [3.63, 3.8) is 0 Å². The lowest BCUT2D eigenvalue weighted by Gasteiger charge is -2.43. The second kappa shape index (κ2) is 6.58. The fourth-order valence-corrected chi connectivity index (χ4v) is 2.54. The van der Waals surface area contributed by atoms with Crippen LogP contribution in [0.2, 0.25) is 0 Å². The number of alkyl halides is 2. The van der Waals surface area contributed by atoms with E-state index in [1.54, 1.807) is 12.1 Å². The van der Waals surface area contributed by atoms with Gasteiger partial charge in [-0.05, 0) is 31.5 Å². The van der Waals surface area contributed by atoms with E-state index < -0.39 is 6.61 Å². The molecule has 1 aliphatic heterocycles. The third kappa shape index (κ3) is 4.04. The van der Waals surface area contributed by atoms with Gasteiger partial charge in [-0.25, -0.2) is 0 Å². The van der Waals surface area contributed by atoms with Crippen LogP contribution < -0.4 is 14.8 Å². The Morgan fingerprint density at radius 1 is 1.33 bits per heavy atom. The Balaban J connectivity index is 2.13. The molecule has 0 unspecified atom stereocenters. The van der Waals surface area contributed by atoms with E-state index in [0.29, 0.717) is 5.75 Å². The normalized spacial score (nSPS) is 18.8. The van der Waals surface area contributed by atoms with Gasteiger partial charge >= 0.3 is 6.61 Å².